The Morgan fingerprint density at radius 1 is 1.38 bits per heavy atom. The fourth-order valence-electron chi connectivity index (χ4n) is 1.66. The van der Waals surface area contributed by atoms with Gasteiger partial charge in [0.05, 0.1) is 0 Å². The van der Waals surface area contributed by atoms with E-state index in [1.54, 1.807) is 4.90 Å². The second-order valence-electron chi connectivity index (χ2n) is 4.28. The number of nitrogens with zero attached hydrogens (tertiary/aromatic N) is 1. The third-order valence-electron chi connectivity index (χ3n) is 3.04. The molecule has 0 aromatic rings. The number of carbonyl (C=O) groups is 2. The molecule has 1 fully saturated rings. The first-order chi connectivity index (χ1) is 7.61. The van der Waals surface area contributed by atoms with Crippen molar-refractivity contribution in [1.82, 2.24) is 10.2 Å². The van der Waals surface area contributed by atoms with Crippen molar-refractivity contribution in [3.8, 4) is 0 Å². The number of amides is 2. The first-order valence-corrected chi connectivity index (χ1v) is 5.83. The lowest BCUT2D eigenvalue weighted by atomic mass is 9.92. The molecule has 1 aliphatic rings. The number of hydrogen-bond donors (Lipinski definition) is 2. The summed E-state index contributed by atoms with van der Waals surface area (Å²) in [6, 6.07) is 0.360. The zero-order chi connectivity index (χ0) is 12.0. The number of carboxylic acid groups (broad SMARTS) is 1. The number of rotatable bonds is 6. The lowest BCUT2D eigenvalue weighted by Crippen LogP contribution is -2.46. The number of hydrogen-bond acceptors (Lipinski definition) is 2. The van der Waals surface area contributed by atoms with Crippen molar-refractivity contribution in [1.29, 1.82) is 0 Å². The molecule has 5 heteroatoms. The maximum absolute atomic E-state index is 11.6. The van der Waals surface area contributed by atoms with E-state index in [0.717, 1.165) is 19.3 Å². The van der Waals surface area contributed by atoms with E-state index in [9.17, 15) is 9.59 Å². The van der Waals surface area contributed by atoms with Gasteiger partial charge in [-0.25, -0.2) is 4.79 Å². The van der Waals surface area contributed by atoms with Crippen molar-refractivity contribution in [3.63, 3.8) is 0 Å². The maximum Gasteiger partial charge on any atom is 0.317 e. The highest BCUT2D eigenvalue weighted by molar-refractivity contribution is 5.74. The summed E-state index contributed by atoms with van der Waals surface area (Å²) in [6.07, 6.45) is 4.92. The van der Waals surface area contributed by atoms with Crippen LogP contribution >= 0.6 is 0 Å². The minimum absolute atomic E-state index is 0.0416. The topological polar surface area (TPSA) is 69.6 Å². The highest BCUT2D eigenvalue weighted by atomic mass is 16.4. The molecule has 0 aromatic heterocycles. The molecule has 1 rings (SSSR count). The van der Waals surface area contributed by atoms with Crippen LogP contribution in [0.25, 0.3) is 0 Å². The highest BCUT2D eigenvalue weighted by Gasteiger charge is 2.25. The molecule has 0 unspecified atom stereocenters. The first-order valence-electron chi connectivity index (χ1n) is 5.83. The highest BCUT2D eigenvalue weighted by Crippen LogP contribution is 2.23. The van der Waals surface area contributed by atoms with E-state index in [0.29, 0.717) is 19.0 Å². The van der Waals surface area contributed by atoms with E-state index in [2.05, 4.69) is 5.32 Å². The van der Waals surface area contributed by atoms with Crippen molar-refractivity contribution in [2.45, 2.75) is 44.6 Å². The van der Waals surface area contributed by atoms with Crippen molar-refractivity contribution in [3.05, 3.63) is 0 Å². The molecular weight excluding hydrogens is 208 g/mol. The van der Waals surface area contributed by atoms with Gasteiger partial charge in [-0.15, -0.1) is 0 Å². The minimum atomic E-state index is -0.780. The van der Waals surface area contributed by atoms with Gasteiger partial charge in [0.25, 0.3) is 0 Å². The van der Waals surface area contributed by atoms with Gasteiger partial charge in [-0.1, -0.05) is 0 Å². The lowest BCUT2D eigenvalue weighted by Gasteiger charge is -2.34. The van der Waals surface area contributed by atoms with Gasteiger partial charge in [0.1, 0.15) is 0 Å². The summed E-state index contributed by atoms with van der Waals surface area (Å²) in [5, 5.41) is 11.2. The predicted octanol–water partition coefficient (Wildman–Crippen LogP) is 1.44. The van der Waals surface area contributed by atoms with Crippen LogP contribution in [-0.2, 0) is 4.79 Å². The largest absolute Gasteiger partial charge is 0.481 e. The van der Waals surface area contributed by atoms with Gasteiger partial charge in [-0.3, -0.25) is 4.79 Å². The number of carbonyl (C=O) groups excluding carboxylic acids is 1. The number of unbranched alkanes of at least 4 members (excludes halogenated alkanes) is 1. The summed E-state index contributed by atoms with van der Waals surface area (Å²) in [7, 11) is 1.82. The summed E-state index contributed by atoms with van der Waals surface area (Å²) >= 11 is 0. The maximum atomic E-state index is 11.6. The number of nitrogens with one attached hydrogen (secondary N) is 1. The van der Waals surface area contributed by atoms with Crippen LogP contribution < -0.4 is 5.32 Å². The average molecular weight is 228 g/mol. The summed E-state index contributed by atoms with van der Waals surface area (Å²) < 4.78 is 0. The second kappa shape index (κ2) is 6.35. The van der Waals surface area contributed by atoms with Crippen LogP contribution in [-0.4, -0.2) is 41.6 Å². The van der Waals surface area contributed by atoms with Crippen LogP contribution in [0, 0.1) is 0 Å². The molecule has 1 aliphatic carbocycles. The molecular formula is C11H20N2O3. The van der Waals surface area contributed by atoms with E-state index >= 15 is 0 Å². The van der Waals surface area contributed by atoms with E-state index in [-0.39, 0.29) is 12.5 Å². The van der Waals surface area contributed by atoms with Crippen LogP contribution in [0.2, 0.25) is 0 Å². The van der Waals surface area contributed by atoms with Crippen LogP contribution in [0.3, 0.4) is 0 Å². The van der Waals surface area contributed by atoms with Gasteiger partial charge in [0.15, 0.2) is 0 Å². The van der Waals surface area contributed by atoms with E-state index in [1.807, 2.05) is 7.05 Å². The van der Waals surface area contributed by atoms with Crippen molar-refractivity contribution >= 4 is 12.0 Å². The third kappa shape index (κ3) is 4.08. The van der Waals surface area contributed by atoms with Gasteiger partial charge in [-0.05, 0) is 32.1 Å². The number of urea groups is 1. The second-order valence-corrected chi connectivity index (χ2v) is 4.28. The lowest BCUT2D eigenvalue weighted by molar-refractivity contribution is -0.137. The molecule has 0 saturated heterocycles. The monoisotopic (exact) mass is 228 g/mol. The molecule has 5 nitrogen and oxygen atoms in total. The Morgan fingerprint density at radius 2 is 2.06 bits per heavy atom. The van der Waals surface area contributed by atoms with Crippen LogP contribution in [0.15, 0.2) is 0 Å². The number of aliphatic carboxylic acids is 1. The van der Waals surface area contributed by atoms with Crippen LogP contribution in [0.4, 0.5) is 4.79 Å². The molecule has 2 N–H and O–H groups in total. The SMILES string of the molecule is CN(C(=O)NCCCCC(=O)O)C1CCC1. The molecule has 0 atom stereocenters. The Morgan fingerprint density at radius 3 is 2.56 bits per heavy atom. The third-order valence-corrected chi connectivity index (χ3v) is 3.04. The molecule has 1 saturated carbocycles. The number of carboxylic acids is 1. The van der Waals surface area contributed by atoms with Gasteiger partial charge in [0.2, 0.25) is 0 Å². The standard InChI is InChI=1S/C11H20N2O3/c1-13(9-5-4-6-9)11(16)12-8-3-2-7-10(14)15/h9H,2-8H2,1H3,(H,12,16)(H,14,15). The van der Waals surface area contributed by atoms with Gasteiger partial charge in [0, 0.05) is 26.1 Å². The normalized spacial score (nSPS) is 15.3. The molecule has 0 aliphatic heterocycles. The zero-order valence-electron chi connectivity index (χ0n) is 9.74. The first kappa shape index (κ1) is 12.8. The summed E-state index contributed by atoms with van der Waals surface area (Å²) in [5.74, 6) is -0.780. The average Bonchev–Trinajstić information content (AvgIpc) is 2.13. The van der Waals surface area contributed by atoms with Gasteiger partial charge < -0.3 is 15.3 Å². The molecule has 0 bridgehead atoms. The molecule has 2 amide bonds. The fraction of sp³-hybridized carbons (Fsp3) is 0.818. The quantitative estimate of drug-likeness (QED) is 0.676. The fourth-order valence-corrected chi connectivity index (χ4v) is 1.66. The van der Waals surface area contributed by atoms with E-state index < -0.39 is 5.97 Å². The zero-order valence-corrected chi connectivity index (χ0v) is 9.74. The van der Waals surface area contributed by atoms with Crippen molar-refractivity contribution < 1.29 is 14.7 Å². The van der Waals surface area contributed by atoms with Gasteiger partial charge in [-0.2, -0.15) is 0 Å². The minimum Gasteiger partial charge on any atom is -0.481 e. The van der Waals surface area contributed by atoms with Crippen molar-refractivity contribution in [2.75, 3.05) is 13.6 Å². The van der Waals surface area contributed by atoms with E-state index in [1.165, 1.54) is 6.42 Å². The predicted molar refractivity (Wildman–Crippen MR) is 60.3 cm³/mol. The van der Waals surface area contributed by atoms with Crippen LogP contribution in [0.5, 0.6) is 0 Å². The van der Waals surface area contributed by atoms with Crippen molar-refractivity contribution in [2.24, 2.45) is 0 Å². The summed E-state index contributed by atoms with van der Waals surface area (Å²) in [6.45, 7) is 0.559. The molecule has 0 heterocycles. The molecule has 0 spiro atoms. The molecule has 0 radical (unpaired) electrons. The van der Waals surface area contributed by atoms with Gasteiger partial charge >= 0.3 is 12.0 Å². The Labute approximate surface area is 95.8 Å². The Bertz CT molecular complexity index is 252. The summed E-state index contributed by atoms with van der Waals surface area (Å²) in [5.41, 5.74) is 0. The van der Waals surface area contributed by atoms with Crippen LogP contribution in [0.1, 0.15) is 38.5 Å². The Balaban J connectivity index is 2.03. The summed E-state index contributed by atoms with van der Waals surface area (Å²) in [4.78, 5) is 23.6. The molecule has 0 aromatic carbocycles. The molecule has 16 heavy (non-hydrogen) atoms. The smallest absolute Gasteiger partial charge is 0.317 e. The Kier molecular flexibility index (Phi) is 5.08. The Hall–Kier alpha value is -1.26. The van der Waals surface area contributed by atoms with E-state index in [4.69, 9.17) is 5.11 Å². The molecule has 92 valence electrons.